The lowest BCUT2D eigenvalue weighted by Crippen LogP contribution is -1.77. The summed E-state index contributed by atoms with van der Waals surface area (Å²) in [7, 11) is 0. The molecule has 0 radical (unpaired) electrons. The third-order valence-electron chi connectivity index (χ3n) is 1.94. The van der Waals surface area contributed by atoms with E-state index in [1.54, 1.807) is 6.07 Å². The van der Waals surface area contributed by atoms with Gasteiger partial charge in [0, 0.05) is 5.56 Å². The van der Waals surface area contributed by atoms with E-state index < -0.39 is 0 Å². The van der Waals surface area contributed by atoms with Crippen molar-refractivity contribution in [3.8, 4) is 5.75 Å². The standard InChI is InChI=1S/C12H16O/c1-3-4-5-6-11-9-10(2)7-8-12(11)13/h5-9,13H,3-4H2,1-2H3. The number of aryl methyl sites for hydroxylation is 1. The van der Waals surface area contributed by atoms with Crippen LogP contribution in [0, 0.1) is 6.92 Å². The van der Waals surface area contributed by atoms with Gasteiger partial charge in [0.05, 0.1) is 0 Å². The van der Waals surface area contributed by atoms with Crippen LogP contribution in [0.15, 0.2) is 24.3 Å². The average molecular weight is 176 g/mol. The van der Waals surface area contributed by atoms with Crippen LogP contribution in [0.4, 0.5) is 0 Å². The average Bonchev–Trinajstić information content (AvgIpc) is 2.11. The van der Waals surface area contributed by atoms with Crippen molar-refractivity contribution >= 4 is 6.08 Å². The number of benzene rings is 1. The van der Waals surface area contributed by atoms with Gasteiger partial charge in [0.15, 0.2) is 0 Å². The fourth-order valence-electron chi connectivity index (χ4n) is 1.18. The largest absolute Gasteiger partial charge is 0.507 e. The van der Waals surface area contributed by atoms with Crippen LogP contribution in [-0.2, 0) is 0 Å². The Morgan fingerprint density at radius 2 is 2.15 bits per heavy atom. The summed E-state index contributed by atoms with van der Waals surface area (Å²) in [5.41, 5.74) is 2.09. The molecule has 0 spiro atoms. The first-order valence-corrected chi connectivity index (χ1v) is 4.70. The highest BCUT2D eigenvalue weighted by Gasteiger charge is 1.95. The quantitative estimate of drug-likeness (QED) is 0.747. The number of hydrogen-bond donors (Lipinski definition) is 1. The van der Waals surface area contributed by atoms with E-state index >= 15 is 0 Å². The van der Waals surface area contributed by atoms with Crippen LogP contribution in [0.5, 0.6) is 5.75 Å². The van der Waals surface area contributed by atoms with Crippen LogP contribution in [0.3, 0.4) is 0 Å². The van der Waals surface area contributed by atoms with Crippen molar-refractivity contribution in [3.63, 3.8) is 0 Å². The molecule has 1 aromatic carbocycles. The lowest BCUT2D eigenvalue weighted by atomic mass is 10.1. The van der Waals surface area contributed by atoms with E-state index in [0.29, 0.717) is 5.75 Å². The molecule has 0 saturated heterocycles. The Labute approximate surface area is 79.7 Å². The molecule has 0 bridgehead atoms. The van der Waals surface area contributed by atoms with Crippen molar-refractivity contribution in [1.29, 1.82) is 0 Å². The molecule has 1 nitrogen and oxygen atoms in total. The van der Waals surface area contributed by atoms with Gasteiger partial charge in [-0.05, 0) is 25.5 Å². The molecule has 0 heterocycles. The minimum atomic E-state index is 0.359. The third kappa shape index (κ3) is 2.94. The molecule has 0 aromatic heterocycles. The van der Waals surface area contributed by atoms with Gasteiger partial charge in [0.1, 0.15) is 5.75 Å². The summed E-state index contributed by atoms with van der Waals surface area (Å²) in [6.07, 6.45) is 6.27. The number of aromatic hydroxyl groups is 1. The van der Waals surface area contributed by atoms with Crippen LogP contribution in [0.25, 0.3) is 6.08 Å². The lowest BCUT2D eigenvalue weighted by molar-refractivity contribution is 0.474. The van der Waals surface area contributed by atoms with Gasteiger partial charge in [0.2, 0.25) is 0 Å². The van der Waals surface area contributed by atoms with E-state index in [1.165, 1.54) is 5.56 Å². The van der Waals surface area contributed by atoms with E-state index in [0.717, 1.165) is 18.4 Å². The number of rotatable bonds is 3. The van der Waals surface area contributed by atoms with Crippen LogP contribution >= 0.6 is 0 Å². The highest BCUT2D eigenvalue weighted by Crippen LogP contribution is 2.19. The normalized spacial score (nSPS) is 10.9. The van der Waals surface area contributed by atoms with Crippen molar-refractivity contribution in [3.05, 3.63) is 35.4 Å². The molecule has 1 aromatic rings. The molecule has 0 aliphatic carbocycles. The molecule has 1 heteroatoms. The Balaban J connectivity index is 2.81. The van der Waals surface area contributed by atoms with Crippen molar-refractivity contribution in [2.75, 3.05) is 0 Å². The second-order valence-electron chi connectivity index (χ2n) is 3.25. The first-order chi connectivity index (χ1) is 6.24. The minimum Gasteiger partial charge on any atom is -0.507 e. The van der Waals surface area contributed by atoms with Crippen LogP contribution in [0.1, 0.15) is 30.9 Å². The highest BCUT2D eigenvalue weighted by atomic mass is 16.3. The molecule has 0 amide bonds. The molecule has 1 N–H and O–H groups in total. The van der Waals surface area contributed by atoms with E-state index in [9.17, 15) is 5.11 Å². The molecule has 0 saturated carbocycles. The van der Waals surface area contributed by atoms with Gasteiger partial charge in [-0.1, -0.05) is 37.1 Å². The molecule has 0 aliphatic rings. The zero-order valence-electron chi connectivity index (χ0n) is 8.25. The SMILES string of the molecule is CCCC=Cc1cc(C)ccc1O. The van der Waals surface area contributed by atoms with Crippen LogP contribution in [-0.4, -0.2) is 5.11 Å². The minimum absolute atomic E-state index is 0.359. The fraction of sp³-hybridized carbons (Fsp3) is 0.333. The second kappa shape index (κ2) is 4.70. The van der Waals surface area contributed by atoms with Gasteiger partial charge in [0.25, 0.3) is 0 Å². The van der Waals surface area contributed by atoms with E-state index in [4.69, 9.17) is 0 Å². The molecule has 1 rings (SSSR count). The third-order valence-corrected chi connectivity index (χ3v) is 1.94. The molecule has 70 valence electrons. The molecule has 0 unspecified atom stereocenters. The van der Waals surface area contributed by atoms with Gasteiger partial charge >= 0.3 is 0 Å². The topological polar surface area (TPSA) is 20.2 Å². The van der Waals surface area contributed by atoms with Gasteiger partial charge in [-0.25, -0.2) is 0 Å². The van der Waals surface area contributed by atoms with E-state index in [2.05, 4.69) is 13.0 Å². The Hall–Kier alpha value is -1.24. The van der Waals surface area contributed by atoms with Gasteiger partial charge in [-0.2, -0.15) is 0 Å². The first kappa shape index (κ1) is 9.85. The Bertz CT molecular complexity index is 300. The van der Waals surface area contributed by atoms with Crippen molar-refractivity contribution in [2.45, 2.75) is 26.7 Å². The summed E-state index contributed by atoms with van der Waals surface area (Å²) in [5.74, 6) is 0.359. The number of phenolic OH excluding ortho intramolecular Hbond substituents is 1. The number of unbranched alkanes of at least 4 members (excludes halogenated alkanes) is 1. The maximum atomic E-state index is 9.48. The molecular weight excluding hydrogens is 160 g/mol. The number of phenols is 1. The first-order valence-electron chi connectivity index (χ1n) is 4.70. The summed E-state index contributed by atoms with van der Waals surface area (Å²) >= 11 is 0. The van der Waals surface area contributed by atoms with Gasteiger partial charge in [-0.3, -0.25) is 0 Å². The molecular formula is C12H16O. The monoisotopic (exact) mass is 176 g/mol. The maximum Gasteiger partial charge on any atom is 0.122 e. The molecule has 0 aliphatic heterocycles. The molecule has 0 fully saturated rings. The summed E-state index contributed by atoms with van der Waals surface area (Å²) in [4.78, 5) is 0. The second-order valence-corrected chi connectivity index (χ2v) is 3.25. The van der Waals surface area contributed by atoms with Crippen molar-refractivity contribution < 1.29 is 5.11 Å². The van der Waals surface area contributed by atoms with E-state index in [-0.39, 0.29) is 0 Å². The zero-order chi connectivity index (χ0) is 9.68. The number of hydrogen-bond acceptors (Lipinski definition) is 1. The smallest absolute Gasteiger partial charge is 0.122 e. The van der Waals surface area contributed by atoms with Gasteiger partial charge < -0.3 is 5.11 Å². The Morgan fingerprint density at radius 3 is 2.85 bits per heavy atom. The zero-order valence-corrected chi connectivity index (χ0v) is 8.25. The molecule has 13 heavy (non-hydrogen) atoms. The summed E-state index contributed by atoms with van der Waals surface area (Å²) in [6, 6.07) is 5.63. The van der Waals surface area contributed by atoms with Crippen LogP contribution in [0.2, 0.25) is 0 Å². The van der Waals surface area contributed by atoms with Crippen LogP contribution < -0.4 is 0 Å². The summed E-state index contributed by atoms with van der Waals surface area (Å²) < 4.78 is 0. The fourth-order valence-corrected chi connectivity index (χ4v) is 1.18. The lowest BCUT2D eigenvalue weighted by Gasteiger charge is -1.99. The van der Waals surface area contributed by atoms with Crippen molar-refractivity contribution in [2.24, 2.45) is 0 Å². The molecule has 0 atom stereocenters. The predicted molar refractivity (Wildman–Crippen MR) is 56.8 cm³/mol. The Kier molecular flexibility index (Phi) is 3.56. The highest BCUT2D eigenvalue weighted by molar-refractivity contribution is 5.57. The summed E-state index contributed by atoms with van der Waals surface area (Å²) in [6.45, 7) is 4.16. The number of allylic oxidation sites excluding steroid dienone is 1. The summed E-state index contributed by atoms with van der Waals surface area (Å²) in [5, 5.41) is 9.48. The van der Waals surface area contributed by atoms with Crippen molar-refractivity contribution in [1.82, 2.24) is 0 Å². The predicted octanol–water partition coefficient (Wildman–Crippen LogP) is 3.51. The maximum absolute atomic E-state index is 9.48. The Morgan fingerprint density at radius 1 is 1.38 bits per heavy atom. The van der Waals surface area contributed by atoms with E-state index in [1.807, 2.05) is 25.1 Å². The van der Waals surface area contributed by atoms with Gasteiger partial charge in [-0.15, -0.1) is 0 Å².